The third-order valence-corrected chi connectivity index (χ3v) is 5.20. The second-order valence-corrected chi connectivity index (χ2v) is 7.47. The number of piperazine rings is 1. The first-order valence-electron chi connectivity index (χ1n) is 9.55. The monoisotopic (exact) mass is 390 g/mol. The fourth-order valence-corrected chi connectivity index (χ4v) is 3.41. The van der Waals surface area contributed by atoms with Gasteiger partial charge in [-0.05, 0) is 38.1 Å². The molecule has 2 aromatic rings. The topological polar surface area (TPSA) is 66.3 Å². The third-order valence-electron chi connectivity index (χ3n) is 5.20. The van der Waals surface area contributed by atoms with Gasteiger partial charge in [-0.25, -0.2) is 13.8 Å². The van der Waals surface area contributed by atoms with Crippen molar-refractivity contribution in [3.8, 4) is 0 Å². The molecule has 1 N–H and O–H groups in total. The van der Waals surface area contributed by atoms with Gasteiger partial charge in [-0.2, -0.15) is 5.10 Å². The molecule has 2 aliphatic rings. The van der Waals surface area contributed by atoms with Crippen LogP contribution in [0.4, 0.5) is 20.3 Å². The van der Waals surface area contributed by atoms with Crippen LogP contribution in [0.25, 0.3) is 0 Å². The highest BCUT2D eigenvalue weighted by Crippen LogP contribution is 2.41. The minimum atomic E-state index is -2.63. The maximum atomic E-state index is 12.9. The molecule has 9 heteroatoms. The Balaban J connectivity index is 1.37. The lowest BCUT2D eigenvalue weighted by Gasteiger charge is -2.33. The molecule has 1 amide bonds. The number of hydrogen-bond donors (Lipinski definition) is 1. The van der Waals surface area contributed by atoms with E-state index in [0.717, 1.165) is 44.8 Å². The minimum absolute atomic E-state index is 0.0846. The van der Waals surface area contributed by atoms with Crippen LogP contribution in [-0.4, -0.2) is 58.8 Å². The summed E-state index contributed by atoms with van der Waals surface area (Å²) in [5.74, 6) is 0.813. The maximum absolute atomic E-state index is 12.9. The maximum Gasteiger partial charge on any atom is 0.282 e. The molecule has 0 spiro atoms. The van der Waals surface area contributed by atoms with Gasteiger partial charge in [0.15, 0.2) is 0 Å². The summed E-state index contributed by atoms with van der Waals surface area (Å²) >= 11 is 0. The van der Waals surface area contributed by atoms with Crippen LogP contribution >= 0.6 is 0 Å². The Morgan fingerprint density at radius 3 is 2.61 bits per heavy atom. The summed E-state index contributed by atoms with van der Waals surface area (Å²) in [6.07, 6.45) is 0.899. The zero-order valence-corrected chi connectivity index (χ0v) is 15.8. The van der Waals surface area contributed by atoms with Gasteiger partial charge in [-0.15, -0.1) is 0 Å². The highest BCUT2D eigenvalue weighted by Gasteiger charge is 2.30. The van der Waals surface area contributed by atoms with E-state index in [1.165, 1.54) is 10.7 Å². The number of nitrogens with one attached hydrogen (secondary N) is 1. The molecular formula is C19H24F2N6O. The molecule has 1 aliphatic carbocycles. The molecule has 0 radical (unpaired) electrons. The van der Waals surface area contributed by atoms with E-state index in [0.29, 0.717) is 11.4 Å². The summed E-state index contributed by atoms with van der Waals surface area (Å²) in [4.78, 5) is 21.3. The standard InChI is InChI=1S/C19H24F2N6O/c1-25-6-8-26(9-7-25)17-5-4-14(11-22-17)23-18(28)12-27-16(13-2-3-13)10-15(24-27)19(20)21/h4-5,10-11,13,19H,2-3,6-9,12H2,1H3,(H,23,28). The number of hydrogen-bond acceptors (Lipinski definition) is 5. The van der Waals surface area contributed by atoms with Gasteiger partial charge in [0.2, 0.25) is 5.91 Å². The quantitative estimate of drug-likeness (QED) is 0.821. The Labute approximate surface area is 162 Å². The summed E-state index contributed by atoms with van der Waals surface area (Å²) in [6, 6.07) is 5.12. The summed E-state index contributed by atoms with van der Waals surface area (Å²) < 4.78 is 27.3. The van der Waals surface area contributed by atoms with Gasteiger partial charge in [0, 0.05) is 37.8 Å². The predicted molar refractivity (Wildman–Crippen MR) is 102 cm³/mol. The van der Waals surface area contributed by atoms with E-state index in [1.807, 2.05) is 12.1 Å². The molecule has 3 heterocycles. The van der Waals surface area contributed by atoms with Crippen LogP contribution in [0.5, 0.6) is 0 Å². The van der Waals surface area contributed by atoms with Crippen molar-refractivity contribution < 1.29 is 13.6 Å². The molecule has 28 heavy (non-hydrogen) atoms. The van der Waals surface area contributed by atoms with Gasteiger partial charge in [-0.3, -0.25) is 9.48 Å². The number of pyridine rings is 1. The molecule has 1 aliphatic heterocycles. The van der Waals surface area contributed by atoms with E-state index in [2.05, 4.69) is 32.2 Å². The number of likely N-dealkylation sites (N-methyl/N-ethyl adjacent to an activating group) is 1. The van der Waals surface area contributed by atoms with Crippen LogP contribution in [-0.2, 0) is 11.3 Å². The lowest BCUT2D eigenvalue weighted by atomic mass is 10.2. The molecule has 0 atom stereocenters. The van der Waals surface area contributed by atoms with Gasteiger partial charge < -0.3 is 15.1 Å². The molecule has 150 valence electrons. The Bertz CT molecular complexity index is 825. The largest absolute Gasteiger partial charge is 0.354 e. The average Bonchev–Trinajstić information content (AvgIpc) is 3.43. The van der Waals surface area contributed by atoms with Crippen LogP contribution in [0.2, 0.25) is 0 Å². The molecule has 1 saturated heterocycles. The summed E-state index contributed by atoms with van der Waals surface area (Å²) in [5.41, 5.74) is 1.03. The molecule has 2 fully saturated rings. The van der Waals surface area contributed by atoms with E-state index >= 15 is 0 Å². The zero-order chi connectivity index (χ0) is 19.7. The lowest BCUT2D eigenvalue weighted by Crippen LogP contribution is -2.44. The Morgan fingerprint density at radius 2 is 2.00 bits per heavy atom. The van der Waals surface area contributed by atoms with Crippen molar-refractivity contribution in [2.45, 2.75) is 31.7 Å². The second-order valence-electron chi connectivity index (χ2n) is 7.47. The van der Waals surface area contributed by atoms with Gasteiger partial charge in [0.05, 0.1) is 11.9 Å². The number of carbonyl (C=O) groups is 1. The van der Waals surface area contributed by atoms with Gasteiger partial charge in [0.1, 0.15) is 18.1 Å². The number of aromatic nitrogens is 3. The first kappa shape index (κ1) is 18.8. The normalized spacial score (nSPS) is 17.9. The van der Waals surface area contributed by atoms with E-state index < -0.39 is 6.43 Å². The van der Waals surface area contributed by atoms with Crippen molar-refractivity contribution in [2.75, 3.05) is 43.4 Å². The Kier molecular flexibility index (Phi) is 5.25. The van der Waals surface area contributed by atoms with Crippen LogP contribution in [0.15, 0.2) is 24.4 Å². The summed E-state index contributed by atoms with van der Waals surface area (Å²) in [7, 11) is 2.10. The first-order chi connectivity index (χ1) is 13.5. The molecule has 0 unspecified atom stereocenters. The average molecular weight is 390 g/mol. The molecule has 0 aromatic carbocycles. The predicted octanol–water partition coefficient (Wildman–Crippen LogP) is 2.48. The van der Waals surface area contributed by atoms with Gasteiger partial charge >= 0.3 is 0 Å². The highest BCUT2D eigenvalue weighted by atomic mass is 19.3. The smallest absolute Gasteiger partial charge is 0.282 e. The fraction of sp³-hybridized carbons (Fsp3) is 0.526. The van der Waals surface area contributed by atoms with Gasteiger partial charge in [-0.1, -0.05) is 0 Å². The third kappa shape index (κ3) is 4.30. The molecular weight excluding hydrogens is 366 g/mol. The lowest BCUT2D eigenvalue weighted by molar-refractivity contribution is -0.117. The SMILES string of the molecule is CN1CCN(c2ccc(NC(=O)Cn3nc(C(F)F)cc3C3CC3)cn2)CC1. The van der Waals surface area contributed by atoms with Crippen LogP contribution in [0.3, 0.4) is 0 Å². The first-order valence-corrected chi connectivity index (χ1v) is 9.55. The number of anilines is 2. The van der Waals surface area contributed by atoms with E-state index in [1.54, 1.807) is 6.20 Å². The molecule has 4 rings (SSSR count). The highest BCUT2D eigenvalue weighted by molar-refractivity contribution is 5.90. The van der Waals surface area contributed by atoms with Crippen molar-refractivity contribution >= 4 is 17.4 Å². The van der Waals surface area contributed by atoms with Crippen LogP contribution in [0, 0.1) is 0 Å². The van der Waals surface area contributed by atoms with Crippen LogP contribution in [0.1, 0.15) is 36.6 Å². The van der Waals surface area contributed by atoms with Crippen molar-refractivity contribution in [3.05, 3.63) is 35.8 Å². The molecule has 1 saturated carbocycles. The zero-order valence-electron chi connectivity index (χ0n) is 15.8. The second kappa shape index (κ2) is 7.83. The number of alkyl halides is 2. The van der Waals surface area contributed by atoms with Crippen molar-refractivity contribution in [2.24, 2.45) is 0 Å². The van der Waals surface area contributed by atoms with Crippen molar-refractivity contribution in [1.82, 2.24) is 19.7 Å². The molecule has 0 bridgehead atoms. The Morgan fingerprint density at radius 1 is 1.25 bits per heavy atom. The van der Waals surface area contributed by atoms with E-state index in [9.17, 15) is 13.6 Å². The van der Waals surface area contributed by atoms with E-state index in [4.69, 9.17) is 0 Å². The van der Waals surface area contributed by atoms with Crippen molar-refractivity contribution in [1.29, 1.82) is 0 Å². The molecule has 7 nitrogen and oxygen atoms in total. The Hall–Kier alpha value is -2.55. The fourth-order valence-electron chi connectivity index (χ4n) is 3.41. The van der Waals surface area contributed by atoms with Gasteiger partial charge in [0.25, 0.3) is 6.43 Å². The number of nitrogens with zero attached hydrogens (tertiary/aromatic N) is 5. The number of halogens is 2. The van der Waals surface area contributed by atoms with Crippen molar-refractivity contribution in [3.63, 3.8) is 0 Å². The minimum Gasteiger partial charge on any atom is -0.354 e. The number of rotatable bonds is 6. The summed E-state index contributed by atoms with van der Waals surface area (Å²) in [6.45, 7) is 3.75. The van der Waals surface area contributed by atoms with E-state index in [-0.39, 0.29) is 24.1 Å². The summed E-state index contributed by atoms with van der Waals surface area (Å²) in [5, 5.41) is 6.69. The van der Waals surface area contributed by atoms with Crippen LogP contribution < -0.4 is 10.2 Å². The number of amides is 1. The molecule has 2 aromatic heterocycles. The number of carbonyl (C=O) groups excluding carboxylic acids is 1.